The van der Waals surface area contributed by atoms with Crippen molar-refractivity contribution in [3.63, 3.8) is 0 Å². The summed E-state index contributed by atoms with van der Waals surface area (Å²) in [7, 11) is 1.31. The first-order valence-electron chi connectivity index (χ1n) is 5.03. The summed E-state index contributed by atoms with van der Waals surface area (Å²) in [5.41, 5.74) is 0.954. The van der Waals surface area contributed by atoms with E-state index in [1.54, 1.807) is 30.3 Å². The molecule has 1 aliphatic rings. The maximum absolute atomic E-state index is 11.5. The first kappa shape index (κ1) is 11.2. The fraction of sp³-hybridized carbons (Fsp3) is 0.167. The van der Waals surface area contributed by atoms with E-state index in [9.17, 15) is 9.59 Å². The molecule has 0 spiro atoms. The van der Waals surface area contributed by atoms with Crippen molar-refractivity contribution < 1.29 is 19.1 Å². The maximum atomic E-state index is 11.5. The first-order valence-corrected chi connectivity index (χ1v) is 5.03. The fourth-order valence-corrected chi connectivity index (χ4v) is 1.50. The van der Waals surface area contributed by atoms with Crippen LogP contribution in [0.3, 0.4) is 0 Å². The van der Waals surface area contributed by atoms with Crippen molar-refractivity contribution in [3.8, 4) is 0 Å². The standard InChI is InChI=1S/C12H11NO4/c1-16-12(15)8-4-2-3-5-9(8)13-10-6-7-11(14)17-10/h2-7,10,13H,1H3. The predicted octanol–water partition coefficient (Wildman–Crippen LogP) is 1.32. The summed E-state index contributed by atoms with van der Waals surface area (Å²) in [6.45, 7) is 0. The lowest BCUT2D eigenvalue weighted by Gasteiger charge is -2.14. The SMILES string of the molecule is COC(=O)c1ccccc1NC1C=CC(=O)O1. The molecule has 1 aliphatic heterocycles. The van der Waals surface area contributed by atoms with Crippen molar-refractivity contribution >= 4 is 17.6 Å². The summed E-state index contributed by atoms with van der Waals surface area (Å²) in [5.74, 6) is -0.848. The molecule has 0 saturated carbocycles. The Morgan fingerprint density at radius 1 is 1.41 bits per heavy atom. The maximum Gasteiger partial charge on any atom is 0.339 e. The number of anilines is 1. The number of ether oxygens (including phenoxy) is 2. The Morgan fingerprint density at radius 3 is 2.82 bits per heavy atom. The average Bonchev–Trinajstić information content (AvgIpc) is 2.74. The molecule has 1 atom stereocenters. The second kappa shape index (κ2) is 4.69. The van der Waals surface area contributed by atoms with Crippen molar-refractivity contribution in [1.29, 1.82) is 0 Å². The van der Waals surface area contributed by atoms with Gasteiger partial charge < -0.3 is 14.8 Å². The van der Waals surface area contributed by atoms with E-state index in [1.165, 1.54) is 13.2 Å². The highest BCUT2D eigenvalue weighted by Gasteiger charge is 2.19. The van der Waals surface area contributed by atoms with Gasteiger partial charge in [0.2, 0.25) is 0 Å². The molecule has 5 nitrogen and oxygen atoms in total. The highest BCUT2D eigenvalue weighted by Crippen LogP contribution is 2.18. The van der Waals surface area contributed by atoms with Crippen molar-refractivity contribution in [2.24, 2.45) is 0 Å². The van der Waals surface area contributed by atoms with Gasteiger partial charge in [-0.25, -0.2) is 9.59 Å². The first-order chi connectivity index (χ1) is 8.20. The van der Waals surface area contributed by atoms with Crippen molar-refractivity contribution in [3.05, 3.63) is 42.0 Å². The normalized spacial score (nSPS) is 17.7. The number of hydrogen-bond acceptors (Lipinski definition) is 5. The highest BCUT2D eigenvalue weighted by atomic mass is 16.6. The molecule has 0 bridgehead atoms. The van der Waals surface area contributed by atoms with Crippen LogP contribution in [0.5, 0.6) is 0 Å². The molecule has 0 aromatic heterocycles. The molecule has 0 saturated heterocycles. The van der Waals surface area contributed by atoms with Gasteiger partial charge in [0.25, 0.3) is 0 Å². The summed E-state index contributed by atoms with van der Waals surface area (Å²) in [5, 5.41) is 2.92. The molecular weight excluding hydrogens is 222 g/mol. The van der Waals surface area contributed by atoms with Gasteiger partial charge in [-0.05, 0) is 18.2 Å². The monoisotopic (exact) mass is 233 g/mol. The minimum absolute atomic E-state index is 0.395. The van der Waals surface area contributed by atoms with Crippen LogP contribution in [0.2, 0.25) is 0 Å². The summed E-state index contributed by atoms with van der Waals surface area (Å²) < 4.78 is 9.58. The van der Waals surface area contributed by atoms with E-state index in [4.69, 9.17) is 4.74 Å². The van der Waals surface area contributed by atoms with Gasteiger partial charge >= 0.3 is 11.9 Å². The van der Waals surface area contributed by atoms with Crippen LogP contribution in [-0.4, -0.2) is 25.3 Å². The number of hydrogen-bond donors (Lipinski definition) is 1. The largest absolute Gasteiger partial charge is 0.465 e. The molecule has 0 amide bonds. The van der Waals surface area contributed by atoms with E-state index in [0.29, 0.717) is 11.3 Å². The van der Waals surface area contributed by atoms with Gasteiger partial charge in [0.15, 0.2) is 6.23 Å². The van der Waals surface area contributed by atoms with Crippen LogP contribution >= 0.6 is 0 Å². The number of esters is 2. The van der Waals surface area contributed by atoms with Crippen molar-refractivity contribution in [1.82, 2.24) is 0 Å². The zero-order valence-electron chi connectivity index (χ0n) is 9.17. The molecule has 0 aliphatic carbocycles. The predicted molar refractivity (Wildman–Crippen MR) is 60.4 cm³/mol. The zero-order valence-corrected chi connectivity index (χ0v) is 9.17. The van der Waals surface area contributed by atoms with E-state index < -0.39 is 18.2 Å². The van der Waals surface area contributed by atoms with Crippen LogP contribution in [0, 0.1) is 0 Å². The van der Waals surface area contributed by atoms with Gasteiger partial charge in [0.05, 0.1) is 18.4 Å². The molecule has 1 aromatic carbocycles. The Kier molecular flexibility index (Phi) is 3.09. The van der Waals surface area contributed by atoms with E-state index in [-0.39, 0.29) is 0 Å². The van der Waals surface area contributed by atoms with Crippen molar-refractivity contribution in [2.75, 3.05) is 12.4 Å². The number of carbonyl (C=O) groups is 2. The quantitative estimate of drug-likeness (QED) is 0.798. The third kappa shape index (κ3) is 2.44. The summed E-state index contributed by atoms with van der Waals surface area (Å²) in [6, 6.07) is 6.85. The van der Waals surface area contributed by atoms with Crippen LogP contribution < -0.4 is 5.32 Å². The number of cyclic esters (lactones) is 1. The molecule has 0 radical (unpaired) electrons. The van der Waals surface area contributed by atoms with Gasteiger partial charge in [-0.1, -0.05) is 12.1 Å². The molecular formula is C12H11NO4. The fourth-order valence-electron chi connectivity index (χ4n) is 1.50. The third-order valence-electron chi connectivity index (χ3n) is 2.28. The smallest absolute Gasteiger partial charge is 0.339 e. The van der Waals surface area contributed by atoms with Crippen LogP contribution in [-0.2, 0) is 14.3 Å². The molecule has 1 N–H and O–H groups in total. The Labute approximate surface area is 98.0 Å². The van der Waals surface area contributed by atoms with E-state index in [2.05, 4.69) is 10.1 Å². The average molecular weight is 233 g/mol. The Morgan fingerprint density at radius 2 is 2.18 bits per heavy atom. The summed E-state index contributed by atoms with van der Waals surface area (Å²) in [6.07, 6.45) is 2.36. The minimum Gasteiger partial charge on any atom is -0.465 e. The lowest BCUT2D eigenvalue weighted by molar-refractivity contribution is -0.137. The topological polar surface area (TPSA) is 64.6 Å². The molecule has 1 unspecified atom stereocenters. The second-order valence-corrected chi connectivity index (χ2v) is 3.40. The number of methoxy groups -OCH3 is 1. The number of para-hydroxylation sites is 1. The molecule has 1 aromatic rings. The van der Waals surface area contributed by atoms with E-state index in [0.717, 1.165) is 0 Å². The van der Waals surface area contributed by atoms with E-state index in [1.807, 2.05) is 0 Å². The Hall–Kier alpha value is -2.30. The van der Waals surface area contributed by atoms with Gasteiger partial charge in [0, 0.05) is 6.08 Å². The van der Waals surface area contributed by atoms with Crippen LogP contribution in [0.15, 0.2) is 36.4 Å². The van der Waals surface area contributed by atoms with Crippen molar-refractivity contribution in [2.45, 2.75) is 6.23 Å². The molecule has 88 valence electrons. The Bertz CT molecular complexity index is 481. The second-order valence-electron chi connectivity index (χ2n) is 3.40. The van der Waals surface area contributed by atoms with Gasteiger partial charge in [0.1, 0.15) is 0 Å². The lowest BCUT2D eigenvalue weighted by Crippen LogP contribution is -2.20. The number of carbonyl (C=O) groups excluding carboxylic acids is 2. The molecule has 2 rings (SSSR count). The van der Waals surface area contributed by atoms with Crippen LogP contribution in [0.25, 0.3) is 0 Å². The zero-order chi connectivity index (χ0) is 12.3. The lowest BCUT2D eigenvalue weighted by atomic mass is 10.2. The number of nitrogens with one attached hydrogen (secondary N) is 1. The molecule has 1 heterocycles. The van der Waals surface area contributed by atoms with Gasteiger partial charge in [-0.15, -0.1) is 0 Å². The van der Waals surface area contributed by atoms with Crippen LogP contribution in [0.4, 0.5) is 5.69 Å². The number of rotatable bonds is 3. The minimum atomic E-state index is -0.548. The highest BCUT2D eigenvalue weighted by molar-refractivity contribution is 5.95. The molecule has 0 fully saturated rings. The summed E-state index contributed by atoms with van der Waals surface area (Å²) in [4.78, 5) is 22.4. The van der Waals surface area contributed by atoms with Crippen LogP contribution in [0.1, 0.15) is 10.4 Å². The summed E-state index contributed by atoms with van der Waals surface area (Å²) >= 11 is 0. The third-order valence-corrected chi connectivity index (χ3v) is 2.28. The Balaban J connectivity index is 2.18. The molecule has 5 heteroatoms. The van der Waals surface area contributed by atoms with E-state index >= 15 is 0 Å². The molecule has 17 heavy (non-hydrogen) atoms. The number of benzene rings is 1. The van der Waals surface area contributed by atoms with Gasteiger partial charge in [-0.3, -0.25) is 0 Å². The van der Waals surface area contributed by atoms with Gasteiger partial charge in [-0.2, -0.15) is 0 Å².